The lowest BCUT2D eigenvalue weighted by Gasteiger charge is -2.23. The summed E-state index contributed by atoms with van der Waals surface area (Å²) in [5.41, 5.74) is 0. The van der Waals surface area contributed by atoms with Gasteiger partial charge in [0.05, 0.1) is 12.6 Å². The van der Waals surface area contributed by atoms with E-state index in [2.05, 4.69) is 29.4 Å². The molecule has 1 N–H and O–H groups in total. The first-order chi connectivity index (χ1) is 13.7. The number of rotatable bonds is 9. The van der Waals surface area contributed by atoms with E-state index in [0.29, 0.717) is 38.5 Å². The maximum Gasteiger partial charge on any atom is 0.234 e. The highest BCUT2D eigenvalue weighted by molar-refractivity contribution is 5.83. The maximum absolute atomic E-state index is 12.4. The Hall–Kier alpha value is -2.29. The van der Waals surface area contributed by atoms with Gasteiger partial charge in [0.1, 0.15) is 11.6 Å². The van der Waals surface area contributed by atoms with Crippen LogP contribution in [0.4, 0.5) is 0 Å². The van der Waals surface area contributed by atoms with Crippen LogP contribution in [0, 0.1) is 5.92 Å². The molecule has 1 aliphatic heterocycles. The fourth-order valence-electron chi connectivity index (χ4n) is 3.52. The van der Waals surface area contributed by atoms with Crippen molar-refractivity contribution in [3.05, 3.63) is 11.6 Å². The van der Waals surface area contributed by atoms with Crippen LogP contribution in [0.5, 0.6) is 0 Å². The lowest BCUT2D eigenvalue weighted by atomic mass is 10.0. The predicted octanol–water partition coefficient (Wildman–Crippen LogP) is 0.797. The third kappa shape index (κ3) is 6.92. The second-order valence-corrected chi connectivity index (χ2v) is 8.45. The van der Waals surface area contributed by atoms with Crippen molar-refractivity contribution in [2.24, 2.45) is 5.92 Å². The summed E-state index contributed by atoms with van der Waals surface area (Å²) in [6, 6.07) is -0.219. The van der Waals surface area contributed by atoms with Gasteiger partial charge in [0.2, 0.25) is 11.8 Å². The maximum atomic E-state index is 12.4. The number of hydrogen-bond acceptors (Lipinski definition) is 6. The lowest BCUT2D eigenvalue weighted by Crippen LogP contribution is -2.38. The summed E-state index contributed by atoms with van der Waals surface area (Å²) >= 11 is 0. The Kier molecular flexibility index (Phi) is 8.31. The zero-order chi connectivity index (χ0) is 21.6. The van der Waals surface area contributed by atoms with Crippen LogP contribution < -0.4 is 5.32 Å². The van der Waals surface area contributed by atoms with Gasteiger partial charge in [0, 0.05) is 38.9 Å². The summed E-state index contributed by atoms with van der Waals surface area (Å²) in [5.74, 6) is 1.93. The molecule has 9 nitrogen and oxygen atoms in total. The molecule has 2 rings (SSSR count). The molecule has 0 aromatic carbocycles. The van der Waals surface area contributed by atoms with E-state index >= 15 is 0 Å². The Bertz CT molecular complexity index is 728. The number of ketones is 1. The molecule has 1 aromatic rings. The minimum absolute atomic E-state index is 0.00141. The van der Waals surface area contributed by atoms with Gasteiger partial charge in [-0.15, -0.1) is 10.2 Å². The molecule has 0 bridgehead atoms. The molecule has 0 saturated carbocycles. The summed E-state index contributed by atoms with van der Waals surface area (Å²) < 4.78 is 2.04. The van der Waals surface area contributed by atoms with Crippen LogP contribution in [0.15, 0.2) is 0 Å². The smallest absolute Gasteiger partial charge is 0.234 e. The molecule has 0 saturated heterocycles. The topological polar surface area (TPSA) is 100 Å². The second-order valence-electron chi connectivity index (χ2n) is 8.45. The Morgan fingerprint density at radius 2 is 1.83 bits per heavy atom. The average molecular weight is 407 g/mol. The number of nitrogens with one attached hydrogen (secondary N) is 1. The highest BCUT2D eigenvalue weighted by atomic mass is 16.2. The van der Waals surface area contributed by atoms with Gasteiger partial charge in [-0.05, 0) is 33.4 Å². The monoisotopic (exact) mass is 406 g/mol. The molecule has 0 fully saturated rings. The second kappa shape index (κ2) is 10.5. The molecule has 162 valence electrons. The molecule has 1 aromatic heterocycles. The molecule has 1 atom stereocenters. The van der Waals surface area contributed by atoms with Gasteiger partial charge in [-0.1, -0.05) is 13.8 Å². The van der Waals surface area contributed by atoms with E-state index in [4.69, 9.17) is 0 Å². The van der Waals surface area contributed by atoms with E-state index in [1.165, 1.54) is 6.92 Å². The van der Waals surface area contributed by atoms with Crippen LogP contribution in [-0.4, -0.2) is 75.9 Å². The number of carbonyl (C=O) groups is 3. The molecule has 29 heavy (non-hydrogen) atoms. The van der Waals surface area contributed by atoms with Crippen LogP contribution in [0.3, 0.4) is 0 Å². The van der Waals surface area contributed by atoms with E-state index in [1.807, 2.05) is 23.6 Å². The highest BCUT2D eigenvalue weighted by Crippen LogP contribution is 2.22. The summed E-state index contributed by atoms with van der Waals surface area (Å²) in [6.45, 7) is 7.74. The van der Waals surface area contributed by atoms with Crippen LogP contribution in [0.25, 0.3) is 0 Å². The minimum Gasteiger partial charge on any atom is -0.345 e. The van der Waals surface area contributed by atoms with Crippen molar-refractivity contribution in [1.82, 2.24) is 29.9 Å². The number of fused-ring (bicyclic) bond motifs is 1. The molecule has 9 heteroatoms. The van der Waals surface area contributed by atoms with Gasteiger partial charge in [-0.25, -0.2) is 0 Å². The summed E-state index contributed by atoms with van der Waals surface area (Å²) in [4.78, 5) is 39.6. The fourth-order valence-corrected chi connectivity index (χ4v) is 3.52. The first kappa shape index (κ1) is 23.0. The lowest BCUT2D eigenvalue weighted by molar-refractivity contribution is -0.133. The van der Waals surface area contributed by atoms with Crippen molar-refractivity contribution in [3.63, 3.8) is 0 Å². The molecule has 2 amide bonds. The van der Waals surface area contributed by atoms with Gasteiger partial charge >= 0.3 is 0 Å². The van der Waals surface area contributed by atoms with Crippen molar-refractivity contribution in [1.29, 1.82) is 0 Å². The van der Waals surface area contributed by atoms with Crippen LogP contribution in [0.2, 0.25) is 0 Å². The minimum atomic E-state index is -0.219. The van der Waals surface area contributed by atoms with E-state index < -0.39 is 0 Å². The van der Waals surface area contributed by atoms with Crippen LogP contribution in [0.1, 0.15) is 57.7 Å². The number of aromatic nitrogens is 3. The number of carbonyl (C=O) groups excluding carboxylic acids is 3. The molecule has 0 radical (unpaired) electrons. The zero-order valence-corrected chi connectivity index (χ0v) is 18.3. The number of Topliss-reactive ketones (excluding diaryl/α,β-unsaturated/α-hetero) is 1. The predicted molar refractivity (Wildman–Crippen MR) is 109 cm³/mol. The van der Waals surface area contributed by atoms with E-state index in [9.17, 15) is 14.4 Å². The van der Waals surface area contributed by atoms with Crippen molar-refractivity contribution in [2.75, 3.05) is 33.7 Å². The van der Waals surface area contributed by atoms with Crippen molar-refractivity contribution in [3.8, 4) is 0 Å². The van der Waals surface area contributed by atoms with Crippen molar-refractivity contribution >= 4 is 17.6 Å². The Morgan fingerprint density at radius 1 is 1.10 bits per heavy atom. The van der Waals surface area contributed by atoms with Gasteiger partial charge < -0.3 is 24.5 Å². The Balaban J connectivity index is 2.12. The molecular weight excluding hydrogens is 372 g/mol. The molecule has 1 aliphatic rings. The zero-order valence-electron chi connectivity index (χ0n) is 18.3. The first-order valence-electron chi connectivity index (χ1n) is 10.3. The van der Waals surface area contributed by atoms with Crippen molar-refractivity contribution < 1.29 is 14.4 Å². The molecule has 1 unspecified atom stereocenters. The number of amides is 2. The van der Waals surface area contributed by atoms with E-state index in [0.717, 1.165) is 18.1 Å². The first-order valence-corrected chi connectivity index (χ1v) is 10.3. The third-order valence-corrected chi connectivity index (χ3v) is 4.91. The Morgan fingerprint density at radius 3 is 2.45 bits per heavy atom. The average Bonchev–Trinajstić information content (AvgIpc) is 2.89. The molecule has 2 heterocycles. The van der Waals surface area contributed by atoms with Gasteiger partial charge in [-0.3, -0.25) is 9.59 Å². The number of hydrogen-bond donors (Lipinski definition) is 1. The van der Waals surface area contributed by atoms with E-state index in [1.54, 1.807) is 4.90 Å². The normalized spacial score (nSPS) is 15.2. The van der Waals surface area contributed by atoms with Gasteiger partial charge in [-0.2, -0.15) is 0 Å². The largest absolute Gasteiger partial charge is 0.345 e. The SMILES string of the molecule is CC(=O)CCC(=O)N1CCc2nnc(C(CC(C)C)NC(=O)CN(C)C)n2CC1. The summed E-state index contributed by atoms with van der Waals surface area (Å²) in [6.07, 6.45) is 1.90. The van der Waals surface area contributed by atoms with Gasteiger partial charge in [0.15, 0.2) is 5.82 Å². The number of likely N-dealkylation sites (N-methyl/N-ethyl adjacent to an activating group) is 1. The molecule has 0 spiro atoms. The van der Waals surface area contributed by atoms with Gasteiger partial charge in [0.25, 0.3) is 0 Å². The fraction of sp³-hybridized carbons (Fsp3) is 0.750. The molecule has 0 aliphatic carbocycles. The van der Waals surface area contributed by atoms with Crippen LogP contribution in [-0.2, 0) is 27.3 Å². The van der Waals surface area contributed by atoms with Crippen molar-refractivity contribution in [2.45, 2.75) is 59.0 Å². The quantitative estimate of drug-likeness (QED) is 0.651. The number of nitrogens with zero attached hydrogens (tertiary/aromatic N) is 5. The van der Waals surface area contributed by atoms with E-state index in [-0.39, 0.29) is 36.5 Å². The summed E-state index contributed by atoms with van der Waals surface area (Å²) in [5, 5.41) is 11.8. The van der Waals surface area contributed by atoms with Crippen LogP contribution >= 0.6 is 0 Å². The standard InChI is InChI=1S/C20H34N6O3/c1-14(2)12-16(21-18(28)13-24(4)5)20-23-22-17-8-9-25(10-11-26(17)20)19(29)7-6-15(3)27/h14,16H,6-13H2,1-5H3,(H,21,28). The molecular formula is C20H34N6O3. The highest BCUT2D eigenvalue weighted by Gasteiger charge is 2.27. The Labute approximate surface area is 172 Å². The summed E-state index contributed by atoms with van der Waals surface area (Å²) in [7, 11) is 3.72. The third-order valence-electron chi connectivity index (χ3n) is 4.91.